The summed E-state index contributed by atoms with van der Waals surface area (Å²) < 4.78 is 0.704. The average Bonchev–Trinajstić information content (AvgIpc) is 2.50. The molecular formula is C10H14Cl2N2S. The van der Waals surface area contributed by atoms with E-state index in [9.17, 15) is 0 Å². The Bertz CT molecular complexity index is 340. The third-order valence-electron chi connectivity index (χ3n) is 2.61. The number of hydrogen-bond acceptors (Lipinski definition) is 3. The fraction of sp³-hybridized carbons (Fsp3) is 0.600. The van der Waals surface area contributed by atoms with Gasteiger partial charge in [-0.2, -0.15) is 0 Å². The summed E-state index contributed by atoms with van der Waals surface area (Å²) in [4.78, 5) is 2.41. The van der Waals surface area contributed by atoms with Crippen LogP contribution in [0.1, 0.15) is 12.5 Å². The van der Waals surface area contributed by atoms with Crippen molar-refractivity contribution in [1.29, 1.82) is 0 Å². The molecule has 0 amide bonds. The van der Waals surface area contributed by atoms with Gasteiger partial charge in [0.25, 0.3) is 0 Å². The number of thiophene rings is 1. The number of nitrogens with one attached hydrogen (secondary N) is 1. The maximum Gasteiger partial charge on any atom is 0.112 e. The molecule has 0 radical (unpaired) electrons. The lowest BCUT2D eigenvalue weighted by Crippen LogP contribution is -2.48. The van der Waals surface area contributed by atoms with Crippen molar-refractivity contribution >= 4 is 34.5 Å². The van der Waals surface area contributed by atoms with Gasteiger partial charge >= 0.3 is 0 Å². The molecule has 2 heterocycles. The van der Waals surface area contributed by atoms with Gasteiger partial charge in [-0.15, -0.1) is 11.3 Å². The minimum Gasteiger partial charge on any atom is -0.312 e. The molecule has 0 aromatic carbocycles. The highest BCUT2D eigenvalue weighted by Gasteiger charge is 2.17. The third-order valence-corrected chi connectivity index (χ3v) is 4.52. The molecule has 1 fully saturated rings. The van der Waals surface area contributed by atoms with E-state index in [1.54, 1.807) is 0 Å². The Hall–Kier alpha value is 0.200. The van der Waals surface area contributed by atoms with Gasteiger partial charge in [-0.05, 0) is 17.9 Å². The maximum atomic E-state index is 6.10. The van der Waals surface area contributed by atoms with Gasteiger partial charge in [0.2, 0.25) is 0 Å². The topological polar surface area (TPSA) is 15.3 Å². The van der Waals surface area contributed by atoms with Gasteiger partial charge in [-0.3, -0.25) is 4.90 Å². The number of nitrogens with zero attached hydrogens (tertiary/aromatic N) is 1. The van der Waals surface area contributed by atoms with Crippen LogP contribution in [-0.2, 0) is 6.54 Å². The van der Waals surface area contributed by atoms with Crippen molar-refractivity contribution in [3.05, 3.63) is 20.3 Å². The Morgan fingerprint density at radius 2 is 2.40 bits per heavy atom. The Balaban J connectivity index is 1.99. The van der Waals surface area contributed by atoms with Gasteiger partial charge in [0, 0.05) is 32.2 Å². The van der Waals surface area contributed by atoms with Crippen LogP contribution >= 0.6 is 34.5 Å². The van der Waals surface area contributed by atoms with Gasteiger partial charge in [0.15, 0.2) is 0 Å². The number of piperazine rings is 1. The summed E-state index contributed by atoms with van der Waals surface area (Å²) in [6, 6.07) is 0.562. The van der Waals surface area contributed by atoms with Crippen molar-refractivity contribution in [2.75, 3.05) is 19.6 Å². The van der Waals surface area contributed by atoms with Crippen molar-refractivity contribution < 1.29 is 0 Å². The average molecular weight is 265 g/mol. The Morgan fingerprint density at radius 1 is 1.60 bits per heavy atom. The Morgan fingerprint density at radius 3 is 3.00 bits per heavy atom. The molecule has 0 aliphatic carbocycles. The predicted octanol–water partition coefficient (Wildman–Crippen LogP) is 2.85. The largest absolute Gasteiger partial charge is 0.312 e. The van der Waals surface area contributed by atoms with Gasteiger partial charge in [-0.25, -0.2) is 0 Å². The zero-order valence-electron chi connectivity index (χ0n) is 8.59. The van der Waals surface area contributed by atoms with Crippen molar-refractivity contribution in [1.82, 2.24) is 10.2 Å². The molecule has 1 aromatic heterocycles. The lowest BCUT2D eigenvalue weighted by molar-refractivity contribution is 0.200. The molecule has 1 atom stereocenters. The first-order chi connectivity index (χ1) is 7.16. The zero-order chi connectivity index (χ0) is 10.8. The van der Waals surface area contributed by atoms with Crippen molar-refractivity contribution in [2.45, 2.75) is 19.5 Å². The second-order valence-electron chi connectivity index (χ2n) is 3.94. The standard InChI is InChI=1S/C10H14Cl2N2S/c1-7-4-14(3-2-13-7)5-8-6-15-10(12)9(8)11/h6-7,13H,2-5H2,1H3/t7-/m0/s1. The van der Waals surface area contributed by atoms with Crippen molar-refractivity contribution in [2.24, 2.45) is 0 Å². The molecule has 1 aliphatic heterocycles. The molecule has 0 saturated carbocycles. The van der Waals surface area contributed by atoms with Gasteiger partial charge < -0.3 is 5.32 Å². The highest BCUT2D eigenvalue weighted by molar-refractivity contribution is 7.15. The van der Waals surface area contributed by atoms with E-state index >= 15 is 0 Å². The Labute approximate surface area is 104 Å². The summed E-state index contributed by atoms with van der Waals surface area (Å²) in [5, 5.41) is 6.20. The van der Waals surface area contributed by atoms with Crippen LogP contribution in [0.5, 0.6) is 0 Å². The molecule has 1 aromatic rings. The van der Waals surface area contributed by atoms with E-state index in [0.717, 1.165) is 36.8 Å². The van der Waals surface area contributed by atoms with E-state index < -0.39 is 0 Å². The lowest BCUT2D eigenvalue weighted by atomic mass is 10.2. The highest BCUT2D eigenvalue weighted by atomic mass is 35.5. The fourth-order valence-corrected chi connectivity index (χ4v) is 3.10. The molecule has 0 unspecified atom stereocenters. The lowest BCUT2D eigenvalue weighted by Gasteiger charge is -2.31. The minimum absolute atomic E-state index is 0.562. The van der Waals surface area contributed by atoms with E-state index in [-0.39, 0.29) is 0 Å². The second kappa shape index (κ2) is 5.02. The van der Waals surface area contributed by atoms with Crippen LogP contribution in [0.4, 0.5) is 0 Å². The highest BCUT2D eigenvalue weighted by Crippen LogP contribution is 2.33. The summed E-state index contributed by atoms with van der Waals surface area (Å²) >= 11 is 13.5. The molecule has 15 heavy (non-hydrogen) atoms. The second-order valence-corrected chi connectivity index (χ2v) is 5.80. The van der Waals surface area contributed by atoms with Crippen LogP contribution in [-0.4, -0.2) is 30.6 Å². The van der Waals surface area contributed by atoms with Crippen LogP contribution < -0.4 is 5.32 Å². The summed E-state index contributed by atoms with van der Waals surface area (Å²) in [7, 11) is 0. The minimum atomic E-state index is 0.562. The molecule has 5 heteroatoms. The molecule has 2 rings (SSSR count). The van der Waals surface area contributed by atoms with E-state index in [4.69, 9.17) is 23.2 Å². The summed E-state index contributed by atoms with van der Waals surface area (Å²) in [5.41, 5.74) is 1.15. The quantitative estimate of drug-likeness (QED) is 0.884. The molecule has 0 bridgehead atoms. The van der Waals surface area contributed by atoms with Crippen molar-refractivity contribution in [3.63, 3.8) is 0 Å². The summed E-state index contributed by atoms with van der Waals surface area (Å²) in [6.07, 6.45) is 0. The third kappa shape index (κ3) is 2.86. The van der Waals surface area contributed by atoms with E-state index in [1.165, 1.54) is 11.3 Å². The van der Waals surface area contributed by atoms with Crippen LogP contribution in [0.15, 0.2) is 5.38 Å². The molecule has 1 aliphatic rings. The first-order valence-corrected chi connectivity index (χ1v) is 6.67. The van der Waals surface area contributed by atoms with E-state index in [1.807, 2.05) is 0 Å². The fourth-order valence-electron chi connectivity index (χ4n) is 1.86. The number of hydrogen-bond donors (Lipinski definition) is 1. The molecule has 1 saturated heterocycles. The van der Waals surface area contributed by atoms with Gasteiger partial charge in [-0.1, -0.05) is 23.2 Å². The van der Waals surface area contributed by atoms with E-state index in [2.05, 4.69) is 22.5 Å². The van der Waals surface area contributed by atoms with Crippen LogP contribution in [0, 0.1) is 0 Å². The molecule has 2 nitrogen and oxygen atoms in total. The van der Waals surface area contributed by atoms with E-state index in [0.29, 0.717) is 10.4 Å². The smallest absolute Gasteiger partial charge is 0.112 e. The first-order valence-electron chi connectivity index (χ1n) is 5.04. The molecule has 1 N–H and O–H groups in total. The normalized spacial score (nSPS) is 23.3. The van der Waals surface area contributed by atoms with Crippen molar-refractivity contribution in [3.8, 4) is 0 Å². The van der Waals surface area contributed by atoms with Crippen LogP contribution in [0.3, 0.4) is 0 Å². The first kappa shape index (κ1) is 11.7. The Kier molecular flexibility index (Phi) is 3.91. The van der Waals surface area contributed by atoms with Gasteiger partial charge in [0.1, 0.15) is 4.34 Å². The molecule has 84 valence electrons. The van der Waals surface area contributed by atoms with Gasteiger partial charge in [0.05, 0.1) is 5.02 Å². The number of halogens is 2. The summed E-state index contributed by atoms with van der Waals surface area (Å²) in [6.45, 7) is 6.32. The zero-order valence-corrected chi connectivity index (χ0v) is 10.9. The number of rotatable bonds is 2. The predicted molar refractivity (Wildman–Crippen MR) is 67.1 cm³/mol. The molecular weight excluding hydrogens is 251 g/mol. The van der Waals surface area contributed by atoms with Crippen LogP contribution in [0.2, 0.25) is 9.36 Å². The maximum absolute atomic E-state index is 6.10. The monoisotopic (exact) mass is 264 g/mol. The molecule has 0 spiro atoms. The SMILES string of the molecule is C[C@H]1CN(Cc2csc(Cl)c2Cl)CCN1. The van der Waals surface area contributed by atoms with Crippen LogP contribution in [0.25, 0.3) is 0 Å². The summed E-state index contributed by atoms with van der Waals surface area (Å²) in [5.74, 6) is 0.